The lowest BCUT2D eigenvalue weighted by atomic mass is 10.1. The maximum atomic E-state index is 13.4. The Kier molecular flexibility index (Phi) is 11.1. The smallest absolute Gasteiger partial charge is 0.264 e. The Bertz CT molecular complexity index is 1600. The molecule has 0 fully saturated rings. The Morgan fingerprint density at radius 3 is 2.14 bits per heavy atom. The van der Waals surface area contributed by atoms with Crippen molar-refractivity contribution < 1.29 is 22.7 Å². The number of halogens is 1. The van der Waals surface area contributed by atoms with E-state index in [4.69, 9.17) is 4.74 Å². The van der Waals surface area contributed by atoms with E-state index in [-0.39, 0.29) is 17.4 Å². The minimum absolute atomic E-state index is 0.0758. The Morgan fingerprint density at radius 1 is 0.833 bits per heavy atom. The molecule has 0 heterocycles. The number of hydrogen-bond acceptors (Lipinski definition) is 6. The summed E-state index contributed by atoms with van der Waals surface area (Å²) in [6.07, 6.45) is 2.17. The van der Waals surface area contributed by atoms with Crippen molar-refractivity contribution in [1.29, 1.82) is 0 Å². The number of carbonyl (C=O) groups excluding carboxylic acids is 2. The van der Waals surface area contributed by atoms with Crippen LogP contribution in [0, 0.1) is 3.57 Å². The summed E-state index contributed by atoms with van der Waals surface area (Å²) in [7, 11) is -4.00. The van der Waals surface area contributed by atoms with Gasteiger partial charge in [-0.1, -0.05) is 48.5 Å². The topological polar surface area (TPSA) is 117 Å². The van der Waals surface area contributed by atoms with Gasteiger partial charge in [-0.15, -0.1) is 0 Å². The molecule has 2 amide bonds. The molecule has 0 aromatic heterocycles. The number of carbonyl (C=O) groups is 2. The van der Waals surface area contributed by atoms with E-state index in [0.29, 0.717) is 23.5 Å². The largest absolute Gasteiger partial charge is 0.484 e. The summed E-state index contributed by atoms with van der Waals surface area (Å²) in [4.78, 5) is 24.9. The van der Waals surface area contributed by atoms with E-state index >= 15 is 0 Å². The van der Waals surface area contributed by atoms with E-state index in [1.165, 1.54) is 18.3 Å². The first-order chi connectivity index (χ1) is 20.3. The summed E-state index contributed by atoms with van der Waals surface area (Å²) >= 11 is 2.13. The van der Waals surface area contributed by atoms with Gasteiger partial charge in [0.1, 0.15) is 12.3 Å². The van der Waals surface area contributed by atoms with Gasteiger partial charge in [0.2, 0.25) is 0 Å². The quantitative estimate of drug-likeness (QED) is 0.122. The molecule has 9 nitrogen and oxygen atoms in total. The van der Waals surface area contributed by atoms with E-state index in [0.717, 1.165) is 19.9 Å². The van der Waals surface area contributed by atoms with Gasteiger partial charge in [-0.2, -0.15) is 5.10 Å². The van der Waals surface area contributed by atoms with Crippen LogP contribution in [0.15, 0.2) is 119 Å². The fourth-order valence-corrected chi connectivity index (χ4v) is 5.63. The summed E-state index contributed by atoms with van der Waals surface area (Å²) in [5.41, 5.74) is 4.57. The second-order valence-corrected chi connectivity index (χ2v) is 12.1. The van der Waals surface area contributed by atoms with Crippen molar-refractivity contribution >= 4 is 56.3 Å². The van der Waals surface area contributed by atoms with Gasteiger partial charge in [-0.05, 0) is 101 Å². The predicted molar refractivity (Wildman–Crippen MR) is 171 cm³/mol. The fourth-order valence-electron chi connectivity index (χ4n) is 3.83. The highest BCUT2D eigenvalue weighted by atomic mass is 127. The number of ether oxygens (including phenoxy) is 1. The summed E-state index contributed by atoms with van der Waals surface area (Å²) in [6, 6.07) is 31.5. The van der Waals surface area contributed by atoms with Crippen molar-refractivity contribution in [3.8, 4) is 5.75 Å². The molecule has 0 saturated heterocycles. The molecule has 42 heavy (non-hydrogen) atoms. The summed E-state index contributed by atoms with van der Waals surface area (Å²) in [6.45, 7) is -0.0510. The lowest BCUT2D eigenvalue weighted by Crippen LogP contribution is -2.39. The van der Waals surface area contributed by atoms with E-state index in [9.17, 15) is 18.0 Å². The number of nitrogens with one attached hydrogen (secondary N) is 2. The minimum atomic E-state index is -4.00. The van der Waals surface area contributed by atoms with Gasteiger partial charge in [0.15, 0.2) is 6.61 Å². The van der Waals surface area contributed by atoms with Gasteiger partial charge in [-0.25, -0.2) is 13.8 Å². The van der Waals surface area contributed by atoms with E-state index in [1.54, 1.807) is 66.7 Å². The van der Waals surface area contributed by atoms with Crippen LogP contribution in [-0.4, -0.2) is 46.1 Å². The molecular formula is C31H29IN4O5S. The van der Waals surface area contributed by atoms with Crippen LogP contribution in [0.25, 0.3) is 0 Å². The van der Waals surface area contributed by atoms with Crippen LogP contribution in [0.5, 0.6) is 5.75 Å². The molecule has 216 valence electrons. The highest BCUT2D eigenvalue weighted by molar-refractivity contribution is 14.1. The van der Waals surface area contributed by atoms with E-state index in [2.05, 4.69) is 38.4 Å². The summed E-state index contributed by atoms with van der Waals surface area (Å²) in [5, 5.41) is 6.80. The van der Waals surface area contributed by atoms with Gasteiger partial charge in [0, 0.05) is 10.1 Å². The third-order valence-electron chi connectivity index (χ3n) is 5.96. The van der Waals surface area contributed by atoms with E-state index in [1.807, 2.05) is 30.3 Å². The fraction of sp³-hybridized carbons (Fsp3) is 0.129. The molecule has 0 aliphatic heterocycles. The maximum Gasteiger partial charge on any atom is 0.264 e. The number of hydrazone groups is 1. The number of amides is 2. The molecule has 4 aromatic rings. The number of sulfonamides is 1. The van der Waals surface area contributed by atoms with Crippen LogP contribution in [0.4, 0.5) is 5.69 Å². The van der Waals surface area contributed by atoms with Crippen molar-refractivity contribution in [2.45, 2.75) is 11.3 Å². The van der Waals surface area contributed by atoms with Crippen molar-refractivity contribution in [1.82, 2.24) is 10.7 Å². The van der Waals surface area contributed by atoms with Crippen LogP contribution in [0.3, 0.4) is 0 Å². The molecule has 4 aromatic carbocycles. The zero-order valence-corrected chi connectivity index (χ0v) is 25.5. The van der Waals surface area contributed by atoms with Crippen molar-refractivity contribution in [2.75, 3.05) is 24.0 Å². The molecule has 0 radical (unpaired) electrons. The molecule has 2 N–H and O–H groups in total. The maximum absolute atomic E-state index is 13.4. The lowest BCUT2D eigenvalue weighted by Gasteiger charge is -2.23. The highest BCUT2D eigenvalue weighted by Crippen LogP contribution is 2.24. The predicted octanol–water partition coefficient (Wildman–Crippen LogP) is 4.37. The number of benzene rings is 4. The van der Waals surface area contributed by atoms with E-state index < -0.39 is 22.5 Å². The first-order valence-corrected chi connectivity index (χ1v) is 15.5. The molecule has 0 aliphatic rings. The number of nitrogens with zero attached hydrogens (tertiary/aromatic N) is 2. The first kappa shape index (κ1) is 30.7. The normalized spacial score (nSPS) is 11.2. The summed E-state index contributed by atoms with van der Waals surface area (Å²) in [5.74, 6) is -0.316. The lowest BCUT2D eigenvalue weighted by molar-refractivity contribution is -0.123. The van der Waals surface area contributed by atoms with Crippen LogP contribution in [0.1, 0.15) is 11.1 Å². The van der Waals surface area contributed by atoms with Crippen LogP contribution in [0.2, 0.25) is 0 Å². The molecule has 0 aliphatic carbocycles. The molecule has 0 unspecified atom stereocenters. The highest BCUT2D eigenvalue weighted by Gasteiger charge is 2.27. The molecule has 0 bridgehead atoms. The molecule has 0 atom stereocenters. The van der Waals surface area contributed by atoms with Gasteiger partial charge in [0.05, 0.1) is 16.8 Å². The zero-order valence-electron chi connectivity index (χ0n) is 22.5. The molecule has 0 saturated carbocycles. The van der Waals surface area contributed by atoms with Crippen LogP contribution >= 0.6 is 22.6 Å². The Hall–Kier alpha value is -4.23. The van der Waals surface area contributed by atoms with Crippen molar-refractivity contribution in [2.24, 2.45) is 5.10 Å². The average Bonchev–Trinajstić information content (AvgIpc) is 3.01. The molecule has 4 rings (SSSR count). The molecule has 0 spiro atoms. The van der Waals surface area contributed by atoms with Crippen LogP contribution in [-0.2, 0) is 26.0 Å². The van der Waals surface area contributed by atoms with Gasteiger partial charge < -0.3 is 10.1 Å². The van der Waals surface area contributed by atoms with Crippen LogP contribution < -0.4 is 19.8 Å². The molecular weight excluding hydrogens is 667 g/mol. The standard InChI is InChI=1S/C31H29IN4O5S/c32-26-13-15-27(16-14-26)36(42(39,40)29-9-5-2-6-10-29)22-30(37)35-34-21-25-11-17-28(18-12-25)41-23-31(38)33-20-19-24-7-3-1-4-8-24/h1-18,21H,19-20,22-23H2,(H,33,38)(H,35,37)/b34-21-. The number of rotatable bonds is 13. The van der Waals surface area contributed by atoms with Crippen molar-refractivity contribution in [3.05, 3.63) is 124 Å². The second kappa shape index (κ2) is 15.1. The third kappa shape index (κ3) is 9.14. The van der Waals surface area contributed by atoms with Gasteiger partial charge >= 0.3 is 0 Å². The van der Waals surface area contributed by atoms with Gasteiger partial charge in [0.25, 0.3) is 21.8 Å². The summed E-state index contributed by atoms with van der Waals surface area (Å²) < 4.78 is 34.2. The average molecular weight is 697 g/mol. The van der Waals surface area contributed by atoms with Gasteiger partial charge in [-0.3, -0.25) is 13.9 Å². The first-order valence-electron chi connectivity index (χ1n) is 13.0. The monoisotopic (exact) mass is 696 g/mol. The Balaban J connectivity index is 1.28. The van der Waals surface area contributed by atoms with Crippen molar-refractivity contribution in [3.63, 3.8) is 0 Å². The third-order valence-corrected chi connectivity index (χ3v) is 8.47. The Labute approximate surface area is 258 Å². The second-order valence-electron chi connectivity index (χ2n) is 9.04. The Morgan fingerprint density at radius 2 is 1.48 bits per heavy atom. The minimum Gasteiger partial charge on any atom is -0.484 e. The number of anilines is 1. The zero-order chi connectivity index (χ0) is 29.8. The molecule has 11 heteroatoms. The SMILES string of the molecule is O=C(COc1ccc(/C=N\NC(=O)CN(c2ccc(I)cc2)S(=O)(=O)c2ccccc2)cc1)NCCc1ccccc1. The number of hydrogen-bond donors (Lipinski definition) is 2.